The molecule has 1 atom stereocenters. The summed E-state index contributed by atoms with van der Waals surface area (Å²) in [5.41, 5.74) is 5.07. The summed E-state index contributed by atoms with van der Waals surface area (Å²) in [5.74, 6) is -1.61. The average molecular weight is 471 g/mol. The molecule has 3 N–H and O–H groups in total. The Morgan fingerprint density at radius 3 is 2.65 bits per heavy atom. The van der Waals surface area contributed by atoms with E-state index in [2.05, 4.69) is 10.3 Å². The Bertz CT molecular complexity index is 1250. The molecule has 0 radical (unpaired) electrons. The van der Waals surface area contributed by atoms with Gasteiger partial charge in [0.15, 0.2) is 17.6 Å². The summed E-state index contributed by atoms with van der Waals surface area (Å²) < 4.78 is 49.7. The van der Waals surface area contributed by atoms with Crippen LogP contribution < -0.4 is 30.0 Å². The summed E-state index contributed by atoms with van der Waals surface area (Å²) in [6, 6.07) is 9.60. The fraction of sp³-hybridized carbons (Fsp3) is 0.174. The second-order valence-electron chi connectivity index (χ2n) is 7.22. The van der Waals surface area contributed by atoms with E-state index in [1.54, 1.807) is 18.2 Å². The van der Waals surface area contributed by atoms with E-state index in [1.165, 1.54) is 19.1 Å². The van der Waals surface area contributed by atoms with Gasteiger partial charge >= 0.3 is 0 Å². The lowest BCUT2D eigenvalue weighted by atomic mass is 10.2. The maximum absolute atomic E-state index is 14.4. The van der Waals surface area contributed by atoms with Crippen molar-refractivity contribution in [2.75, 3.05) is 6.79 Å². The molecule has 176 valence electrons. The standard InChI is InChI=1S/C23H19F2N3O6/c1-12(21(26)29)33-15-3-2-13(18(25)7-15)9-27-22(30)17-6-14(24)10-28-23(17)34-16-4-5-19-20(8-16)32-11-31-19/h2-8,10,12H,9,11H2,1H3,(H2,26,29)(H,27,30)/t12-/m1/s1. The molecule has 3 aromatic rings. The number of carbonyl (C=O) groups excluding carboxylic acids is 2. The predicted molar refractivity (Wildman–Crippen MR) is 114 cm³/mol. The minimum Gasteiger partial charge on any atom is -0.481 e. The van der Waals surface area contributed by atoms with E-state index in [0.717, 1.165) is 18.3 Å². The lowest BCUT2D eigenvalue weighted by Crippen LogP contribution is -2.30. The fourth-order valence-electron chi connectivity index (χ4n) is 3.00. The lowest BCUT2D eigenvalue weighted by molar-refractivity contribution is -0.123. The molecule has 0 saturated heterocycles. The highest BCUT2D eigenvalue weighted by Crippen LogP contribution is 2.36. The summed E-state index contributed by atoms with van der Waals surface area (Å²) in [7, 11) is 0. The van der Waals surface area contributed by atoms with Crippen LogP contribution in [0, 0.1) is 11.6 Å². The van der Waals surface area contributed by atoms with E-state index in [1.807, 2.05) is 0 Å². The molecule has 0 unspecified atom stereocenters. The van der Waals surface area contributed by atoms with Gasteiger partial charge in [0.25, 0.3) is 11.8 Å². The molecule has 1 aliphatic heterocycles. The topological polar surface area (TPSA) is 122 Å². The Labute approximate surface area is 192 Å². The van der Waals surface area contributed by atoms with Gasteiger partial charge in [0.2, 0.25) is 12.7 Å². The molecule has 2 amide bonds. The number of benzene rings is 2. The van der Waals surface area contributed by atoms with Crippen LogP contribution in [-0.4, -0.2) is 29.7 Å². The zero-order valence-corrected chi connectivity index (χ0v) is 17.8. The van der Waals surface area contributed by atoms with E-state index in [9.17, 15) is 18.4 Å². The molecule has 0 fully saturated rings. The van der Waals surface area contributed by atoms with Crippen molar-refractivity contribution >= 4 is 11.8 Å². The number of hydrogen-bond acceptors (Lipinski definition) is 7. The van der Waals surface area contributed by atoms with Gasteiger partial charge in [0, 0.05) is 24.2 Å². The van der Waals surface area contributed by atoms with Crippen LogP contribution in [0.15, 0.2) is 48.7 Å². The number of nitrogens with two attached hydrogens (primary N) is 1. The van der Waals surface area contributed by atoms with E-state index >= 15 is 0 Å². The Kier molecular flexibility index (Phi) is 6.44. The quantitative estimate of drug-likeness (QED) is 0.518. The molecule has 1 aliphatic rings. The number of pyridine rings is 1. The molecule has 11 heteroatoms. The number of aromatic nitrogens is 1. The Hall–Kier alpha value is -4.41. The molecular formula is C23H19F2N3O6. The van der Waals surface area contributed by atoms with Crippen molar-refractivity contribution in [1.82, 2.24) is 10.3 Å². The number of fused-ring (bicyclic) bond motifs is 1. The monoisotopic (exact) mass is 471 g/mol. The number of hydrogen-bond donors (Lipinski definition) is 2. The summed E-state index contributed by atoms with van der Waals surface area (Å²) in [6.45, 7) is 1.30. The zero-order chi connectivity index (χ0) is 24.2. The summed E-state index contributed by atoms with van der Waals surface area (Å²) in [6.07, 6.45) is -0.0292. The van der Waals surface area contributed by atoms with E-state index in [-0.39, 0.29) is 36.1 Å². The minimum absolute atomic E-state index is 0.0784. The van der Waals surface area contributed by atoms with Gasteiger partial charge in [-0.05, 0) is 31.2 Å². The van der Waals surface area contributed by atoms with Crippen molar-refractivity contribution in [3.63, 3.8) is 0 Å². The van der Waals surface area contributed by atoms with Crippen molar-refractivity contribution in [2.45, 2.75) is 19.6 Å². The van der Waals surface area contributed by atoms with E-state index < -0.39 is 29.6 Å². The SMILES string of the molecule is C[C@@H](Oc1ccc(CNC(=O)c2cc(F)cnc2Oc2ccc3c(c2)OCO3)c(F)c1)C(N)=O. The van der Waals surface area contributed by atoms with Crippen molar-refractivity contribution in [2.24, 2.45) is 5.73 Å². The minimum atomic E-state index is -0.936. The van der Waals surface area contributed by atoms with Crippen LogP contribution in [0.2, 0.25) is 0 Å². The Balaban J connectivity index is 1.46. The number of carbonyl (C=O) groups is 2. The van der Waals surface area contributed by atoms with Crippen LogP contribution in [0.3, 0.4) is 0 Å². The third kappa shape index (κ3) is 5.14. The number of primary amides is 1. The van der Waals surface area contributed by atoms with Crippen LogP contribution in [0.25, 0.3) is 0 Å². The summed E-state index contributed by atoms with van der Waals surface area (Å²) >= 11 is 0. The fourth-order valence-corrected chi connectivity index (χ4v) is 3.00. The van der Waals surface area contributed by atoms with Crippen molar-refractivity contribution in [3.8, 4) is 28.9 Å². The van der Waals surface area contributed by atoms with Crippen molar-refractivity contribution in [3.05, 3.63) is 71.4 Å². The number of ether oxygens (including phenoxy) is 4. The normalized spacial score (nSPS) is 12.7. The van der Waals surface area contributed by atoms with Crippen molar-refractivity contribution in [1.29, 1.82) is 0 Å². The van der Waals surface area contributed by atoms with E-state index in [4.69, 9.17) is 24.7 Å². The molecule has 34 heavy (non-hydrogen) atoms. The van der Waals surface area contributed by atoms with Gasteiger partial charge in [-0.25, -0.2) is 13.8 Å². The molecule has 1 aromatic heterocycles. The third-order valence-corrected chi connectivity index (χ3v) is 4.80. The van der Waals surface area contributed by atoms with Gasteiger partial charge in [-0.15, -0.1) is 0 Å². The third-order valence-electron chi connectivity index (χ3n) is 4.80. The highest BCUT2D eigenvalue weighted by molar-refractivity contribution is 5.96. The van der Waals surface area contributed by atoms with Gasteiger partial charge in [0.1, 0.15) is 28.7 Å². The maximum Gasteiger partial charge on any atom is 0.258 e. The highest BCUT2D eigenvalue weighted by Gasteiger charge is 2.19. The van der Waals surface area contributed by atoms with Crippen LogP contribution in [-0.2, 0) is 11.3 Å². The summed E-state index contributed by atoms with van der Waals surface area (Å²) in [4.78, 5) is 27.7. The molecule has 2 heterocycles. The molecule has 0 aliphatic carbocycles. The van der Waals surface area contributed by atoms with Crippen molar-refractivity contribution < 1.29 is 37.3 Å². The lowest BCUT2D eigenvalue weighted by Gasteiger charge is -2.13. The average Bonchev–Trinajstić information content (AvgIpc) is 3.27. The van der Waals surface area contributed by atoms with Crippen LogP contribution in [0.1, 0.15) is 22.8 Å². The number of nitrogens with zero attached hydrogens (tertiary/aromatic N) is 1. The molecule has 0 bridgehead atoms. The van der Waals surface area contributed by atoms with Crippen LogP contribution in [0.4, 0.5) is 8.78 Å². The number of amides is 2. The summed E-state index contributed by atoms with van der Waals surface area (Å²) in [5, 5.41) is 2.50. The molecule has 2 aromatic carbocycles. The first-order valence-electron chi connectivity index (χ1n) is 10.1. The van der Waals surface area contributed by atoms with Crippen LogP contribution >= 0.6 is 0 Å². The van der Waals surface area contributed by atoms with Crippen LogP contribution in [0.5, 0.6) is 28.9 Å². The maximum atomic E-state index is 14.4. The second-order valence-corrected chi connectivity index (χ2v) is 7.22. The first kappa shape index (κ1) is 22.8. The number of halogens is 2. The van der Waals surface area contributed by atoms with Gasteiger partial charge in [0.05, 0.1) is 6.20 Å². The largest absolute Gasteiger partial charge is 0.481 e. The molecule has 0 saturated carbocycles. The van der Waals surface area contributed by atoms with Gasteiger partial charge < -0.3 is 30.0 Å². The smallest absolute Gasteiger partial charge is 0.258 e. The number of rotatable bonds is 8. The zero-order valence-electron chi connectivity index (χ0n) is 17.8. The van der Waals surface area contributed by atoms with Gasteiger partial charge in [-0.3, -0.25) is 9.59 Å². The van der Waals surface area contributed by atoms with Gasteiger partial charge in [-0.2, -0.15) is 0 Å². The first-order chi connectivity index (χ1) is 16.3. The Morgan fingerprint density at radius 1 is 1.12 bits per heavy atom. The highest BCUT2D eigenvalue weighted by atomic mass is 19.1. The molecule has 9 nitrogen and oxygen atoms in total. The Morgan fingerprint density at radius 2 is 1.88 bits per heavy atom. The van der Waals surface area contributed by atoms with Gasteiger partial charge in [-0.1, -0.05) is 6.07 Å². The predicted octanol–water partition coefficient (Wildman–Crippen LogP) is 3.06. The van der Waals surface area contributed by atoms with E-state index in [0.29, 0.717) is 17.2 Å². The molecule has 4 rings (SSSR count). The molecule has 0 spiro atoms. The number of nitrogens with one attached hydrogen (secondary N) is 1. The first-order valence-corrected chi connectivity index (χ1v) is 10.1. The second kappa shape index (κ2) is 9.61. The molecular weight excluding hydrogens is 452 g/mol.